The monoisotopic (exact) mass is 214 g/mol. The molecule has 0 saturated heterocycles. The first-order chi connectivity index (χ1) is 6.71. The Labute approximate surface area is 89.9 Å². The maximum atomic E-state index is 11.8. The van der Waals surface area contributed by atoms with Gasteiger partial charge in [-0.2, -0.15) is 0 Å². The third-order valence-electron chi connectivity index (χ3n) is 4.36. The molecule has 0 aliphatic heterocycles. The third kappa shape index (κ3) is 0.971. The molecule has 15 heavy (non-hydrogen) atoms. The number of rotatable bonds is 2. The summed E-state index contributed by atoms with van der Waals surface area (Å²) in [5.41, 5.74) is -2.05. The predicted molar refractivity (Wildman–Crippen MR) is 54.0 cm³/mol. The molecule has 0 amide bonds. The quantitative estimate of drug-likeness (QED) is 0.515. The highest BCUT2D eigenvalue weighted by atomic mass is 16.5. The summed E-state index contributed by atoms with van der Waals surface area (Å²) in [5.74, 6) is -1.02. The lowest BCUT2D eigenvalue weighted by Gasteiger charge is -2.15. The molecule has 1 fully saturated rings. The summed E-state index contributed by atoms with van der Waals surface area (Å²) in [4.78, 5) is 23.6. The molecular weight excluding hydrogens is 196 g/mol. The number of carbonyl (C=O) groups is 2. The SMILES string of the molecule is COC(=O)C1(C(=O)OC)C(C)(C)C1(C)C. The molecule has 1 saturated carbocycles. The van der Waals surface area contributed by atoms with Gasteiger partial charge in [0.15, 0.2) is 5.41 Å². The molecule has 4 nitrogen and oxygen atoms in total. The number of carbonyl (C=O) groups excluding carboxylic acids is 2. The molecule has 0 radical (unpaired) electrons. The van der Waals surface area contributed by atoms with Crippen molar-refractivity contribution in [1.29, 1.82) is 0 Å². The normalized spacial score (nSPS) is 24.1. The van der Waals surface area contributed by atoms with E-state index in [0.717, 1.165) is 0 Å². The van der Waals surface area contributed by atoms with Crippen molar-refractivity contribution >= 4 is 11.9 Å². The number of hydrogen-bond donors (Lipinski definition) is 0. The maximum absolute atomic E-state index is 11.8. The van der Waals surface area contributed by atoms with Gasteiger partial charge in [0.1, 0.15) is 0 Å². The highest BCUT2D eigenvalue weighted by Crippen LogP contribution is 2.78. The average Bonchev–Trinajstić information content (AvgIpc) is 2.52. The highest BCUT2D eigenvalue weighted by Gasteiger charge is 2.86. The van der Waals surface area contributed by atoms with Gasteiger partial charge in [0.05, 0.1) is 14.2 Å². The molecule has 1 aliphatic rings. The summed E-state index contributed by atoms with van der Waals surface area (Å²) >= 11 is 0. The fourth-order valence-corrected chi connectivity index (χ4v) is 2.72. The fraction of sp³-hybridized carbons (Fsp3) is 0.818. The lowest BCUT2D eigenvalue weighted by atomic mass is 9.95. The Bertz CT molecular complexity index is 283. The van der Waals surface area contributed by atoms with Crippen molar-refractivity contribution < 1.29 is 19.1 Å². The zero-order chi connectivity index (χ0) is 12.1. The fourth-order valence-electron chi connectivity index (χ4n) is 2.72. The number of ether oxygens (including phenoxy) is 2. The second-order valence-electron chi connectivity index (χ2n) is 4.98. The minimum absolute atomic E-state index is 0.444. The van der Waals surface area contributed by atoms with Crippen LogP contribution in [0, 0.1) is 16.2 Å². The molecule has 0 heterocycles. The summed E-state index contributed by atoms with van der Waals surface area (Å²) < 4.78 is 9.46. The third-order valence-corrected chi connectivity index (χ3v) is 4.36. The van der Waals surface area contributed by atoms with Gasteiger partial charge in [0.2, 0.25) is 0 Å². The van der Waals surface area contributed by atoms with Crippen LogP contribution in [0.4, 0.5) is 0 Å². The Balaban J connectivity index is 3.26. The smallest absolute Gasteiger partial charge is 0.324 e. The van der Waals surface area contributed by atoms with Crippen LogP contribution in [0.15, 0.2) is 0 Å². The minimum Gasteiger partial charge on any atom is -0.468 e. The molecule has 0 aromatic heterocycles. The molecule has 1 aliphatic carbocycles. The number of esters is 2. The zero-order valence-electron chi connectivity index (χ0n) is 10.1. The summed E-state index contributed by atoms with van der Waals surface area (Å²) in [6, 6.07) is 0. The van der Waals surface area contributed by atoms with E-state index in [4.69, 9.17) is 9.47 Å². The first kappa shape index (κ1) is 12.0. The van der Waals surface area contributed by atoms with E-state index in [-0.39, 0.29) is 0 Å². The Morgan fingerprint density at radius 2 is 1.07 bits per heavy atom. The first-order valence-corrected chi connectivity index (χ1v) is 4.88. The summed E-state index contributed by atoms with van der Waals surface area (Å²) in [5, 5.41) is 0. The molecule has 0 N–H and O–H groups in total. The van der Waals surface area contributed by atoms with Gasteiger partial charge in [-0.25, -0.2) is 0 Å². The van der Waals surface area contributed by atoms with Crippen LogP contribution in [0.2, 0.25) is 0 Å². The van der Waals surface area contributed by atoms with Gasteiger partial charge in [-0.05, 0) is 10.8 Å². The maximum Gasteiger partial charge on any atom is 0.324 e. The van der Waals surface area contributed by atoms with Gasteiger partial charge in [0, 0.05) is 0 Å². The van der Waals surface area contributed by atoms with Gasteiger partial charge in [0.25, 0.3) is 0 Å². The van der Waals surface area contributed by atoms with Crippen molar-refractivity contribution in [3.63, 3.8) is 0 Å². The van der Waals surface area contributed by atoms with E-state index in [9.17, 15) is 9.59 Å². The predicted octanol–water partition coefficient (Wildman–Crippen LogP) is 1.38. The highest BCUT2D eigenvalue weighted by molar-refractivity contribution is 6.06. The van der Waals surface area contributed by atoms with Crippen molar-refractivity contribution in [1.82, 2.24) is 0 Å². The lowest BCUT2D eigenvalue weighted by molar-refractivity contribution is -0.164. The van der Waals surface area contributed by atoms with Gasteiger partial charge in [-0.15, -0.1) is 0 Å². The molecule has 0 unspecified atom stereocenters. The van der Waals surface area contributed by atoms with Crippen molar-refractivity contribution in [2.75, 3.05) is 14.2 Å². The second kappa shape index (κ2) is 2.97. The molecular formula is C11H18O4. The Kier molecular flexibility index (Phi) is 2.38. The van der Waals surface area contributed by atoms with E-state index < -0.39 is 28.2 Å². The molecule has 0 aromatic carbocycles. The van der Waals surface area contributed by atoms with Gasteiger partial charge < -0.3 is 9.47 Å². The first-order valence-electron chi connectivity index (χ1n) is 4.88. The van der Waals surface area contributed by atoms with Crippen LogP contribution in [0.1, 0.15) is 27.7 Å². The Hall–Kier alpha value is -1.06. The van der Waals surface area contributed by atoms with Crippen molar-refractivity contribution in [3.05, 3.63) is 0 Å². The summed E-state index contributed by atoms with van der Waals surface area (Å²) in [6.07, 6.45) is 0. The van der Waals surface area contributed by atoms with Crippen molar-refractivity contribution in [3.8, 4) is 0 Å². The standard InChI is InChI=1S/C11H18O4/c1-9(2)10(3,4)11(9,7(12)14-5)8(13)15-6/h1-6H3. The minimum atomic E-state index is -1.16. The van der Waals surface area contributed by atoms with Crippen molar-refractivity contribution in [2.24, 2.45) is 16.2 Å². The van der Waals surface area contributed by atoms with E-state index >= 15 is 0 Å². The van der Waals surface area contributed by atoms with E-state index in [0.29, 0.717) is 0 Å². The second-order valence-corrected chi connectivity index (χ2v) is 4.98. The molecule has 0 bridgehead atoms. The summed E-state index contributed by atoms with van der Waals surface area (Å²) in [7, 11) is 2.58. The zero-order valence-corrected chi connectivity index (χ0v) is 10.1. The Morgan fingerprint density at radius 3 is 1.20 bits per heavy atom. The topological polar surface area (TPSA) is 52.6 Å². The molecule has 0 atom stereocenters. The van der Waals surface area contributed by atoms with Crippen LogP contribution >= 0.6 is 0 Å². The van der Waals surface area contributed by atoms with E-state index in [2.05, 4.69) is 0 Å². The van der Waals surface area contributed by atoms with Gasteiger partial charge >= 0.3 is 11.9 Å². The van der Waals surface area contributed by atoms with Gasteiger partial charge in [-0.3, -0.25) is 9.59 Å². The molecule has 0 aromatic rings. The van der Waals surface area contributed by atoms with Crippen LogP contribution in [0.25, 0.3) is 0 Å². The number of hydrogen-bond acceptors (Lipinski definition) is 4. The molecule has 4 heteroatoms. The average molecular weight is 214 g/mol. The van der Waals surface area contributed by atoms with Gasteiger partial charge in [-0.1, -0.05) is 27.7 Å². The van der Waals surface area contributed by atoms with Crippen LogP contribution in [0.5, 0.6) is 0 Å². The van der Waals surface area contributed by atoms with Crippen LogP contribution in [-0.4, -0.2) is 26.2 Å². The molecule has 86 valence electrons. The van der Waals surface area contributed by atoms with E-state index in [1.165, 1.54) is 14.2 Å². The van der Waals surface area contributed by atoms with E-state index in [1.54, 1.807) is 0 Å². The summed E-state index contributed by atoms with van der Waals surface area (Å²) in [6.45, 7) is 7.50. The molecule has 1 rings (SSSR count). The molecule has 0 spiro atoms. The van der Waals surface area contributed by atoms with Crippen molar-refractivity contribution in [2.45, 2.75) is 27.7 Å². The van der Waals surface area contributed by atoms with Crippen LogP contribution < -0.4 is 0 Å². The number of methoxy groups -OCH3 is 2. The van der Waals surface area contributed by atoms with Crippen LogP contribution in [-0.2, 0) is 19.1 Å². The Morgan fingerprint density at radius 1 is 0.800 bits per heavy atom. The van der Waals surface area contributed by atoms with E-state index in [1.807, 2.05) is 27.7 Å². The lowest BCUT2D eigenvalue weighted by Crippen LogP contribution is -2.34. The largest absolute Gasteiger partial charge is 0.468 e. The van der Waals surface area contributed by atoms with Crippen LogP contribution in [0.3, 0.4) is 0 Å².